The number of hydrogen-bond donors (Lipinski definition) is 1. The molecule has 1 aliphatic rings. The molecule has 0 atom stereocenters. The maximum Gasteiger partial charge on any atom is 0.410 e. The summed E-state index contributed by atoms with van der Waals surface area (Å²) in [6.07, 6.45) is -1.22. The first-order valence-corrected chi connectivity index (χ1v) is 6.62. The highest BCUT2D eigenvalue weighted by Gasteiger charge is 2.35. The van der Waals surface area contributed by atoms with E-state index in [1.165, 1.54) is 4.90 Å². The number of carbonyl (C=O) groups excluding carboxylic acids is 2. The van der Waals surface area contributed by atoms with Crippen molar-refractivity contribution in [2.24, 2.45) is 0 Å². The van der Waals surface area contributed by atoms with Gasteiger partial charge in [-0.2, -0.15) is 0 Å². The third-order valence-corrected chi connectivity index (χ3v) is 2.44. The summed E-state index contributed by atoms with van der Waals surface area (Å²) in [5, 5.41) is 2.47. The van der Waals surface area contributed by atoms with Gasteiger partial charge in [0.1, 0.15) is 11.7 Å². The Morgan fingerprint density at radius 2 is 2.05 bits per heavy atom. The van der Waals surface area contributed by atoms with Gasteiger partial charge in [-0.05, 0) is 25.6 Å². The highest BCUT2D eigenvalue weighted by atomic mass is 79.9. The summed E-state index contributed by atoms with van der Waals surface area (Å²) in [6, 6.07) is 0. The van der Waals surface area contributed by atoms with Gasteiger partial charge < -0.3 is 19.7 Å². The molecule has 0 radical (unpaired) electrons. The van der Waals surface area contributed by atoms with E-state index in [4.69, 9.17) is 9.47 Å². The molecule has 1 fully saturated rings. The van der Waals surface area contributed by atoms with Gasteiger partial charge in [0.25, 0.3) is 0 Å². The first kappa shape index (κ1) is 15.6. The molecule has 0 aromatic heterocycles. The lowest BCUT2D eigenvalue weighted by atomic mass is 10.2. The van der Waals surface area contributed by atoms with Gasteiger partial charge in [-0.25, -0.2) is 9.59 Å². The number of rotatable bonds is 2. The molecular weight excluding hydrogens is 316 g/mol. The maximum absolute atomic E-state index is 11.6. The van der Waals surface area contributed by atoms with E-state index in [0.717, 1.165) is 0 Å². The summed E-state index contributed by atoms with van der Waals surface area (Å²) < 4.78 is 10.2. The van der Waals surface area contributed by atoms with Crippen LogP contribution in [0.4, 0.5) is 9.59 Å². The Morgan fingerprint density at radius 3 is 2.58 bits per heavy atom. The summed E-state index contributed by atoms with van der Waals surface area (Å²) in [7, 11) is 0. The molecule has 0 spiro atoms. The van der Waals surface area contributed by atoms with Crippen molar-refractivity contribution < 1.29 is 19.1 Å². The van der Waals surface area contributed by atoms with Crippen molar-refractivity contribution in [1.82, 2.24) is 10.2 Å². The molecule has 7 heteroatoms. The number of nitrogens with one attached hydrogen (secondary N) is 1. The third-order valence-electron chi connectivity index (χ3n) is 2.16. The molecule has 1 heterocycles. The second-order valence-electron chi connectivity index (χ2n) is 5.04. The molecule has 1 N–H and O–H groups in total. The van der Waals surface area contributed by atoms with Crippen LogP contribution in [-0.4, -0.2) is 48.4 Å². The highest BCUT2D eigenvalue weighted by molar-refractivity contribution is 9.12. The van der Waals surface area contributed by atoms with Crippen LogP contribution in [0.25, 0.3) is 0 Å². The Kier molecular flexibility index (Phi) is 5.48. The molecule has 2 amide bonds. The largest absolute Gasteiger partial charge is 0.444 e. The van der Waals surface area contributed by atoms with E-state index < -0.39 is 17.8 Å². The van der Waals surface area contributed by atoms with E-state index in [-0.39, 0.29) is 12.6 Å². The van der Waals surface area contributed by atoms with Gasteiger partial charge in [-0.1, -0.05) is 5.92 Å². The Balaban J connectivity index is 2.20. The zero-order valence-corrected chi connectivity index (χ0v) is 12.7. The average molecular weight is 333 g/mol. The van der Waals surface area contributed by atoms with Crippen molar-refractivity contribution in [2.75, 3.05) is 19.6 Å². The predicted octanol–water partition coefficient (Wildman–Crippen LogP) is 1.69. The van der Waals surface area contributed by atoms with Crippen molar-refractivity contribution >= 4 is 28.1 Å². The molecule has 1 rings (SSSR count). The summed E-state index contributed by atoms with van der Waals surface area (Å²) >= 11 is 2.91. The molecule has 1 saturated heterocycles. The molecule has 106 valence electrons. The molecule has 0 aromatic rings. The van der Waals surface area contributed by atoms with Gasteiger partial charge >= 0.3 is 12.2 Å². The minimum atomic E-state index is -0.538. The van der Waals surface area contributed by atoms with E-state index in [9.17, 15) is 9.59 Å². The molecular formula is C12H17BrN2O4. The van der Waals surface area contributed by atoms with Crippen LogP contribution in [-0.2, 0) is 9.47 Å². The zero-order chi connectivity index (χ0) is 14.5. The molecule has 0 bridgehead atoms. The van der Waals surface area contributed by atoms with Crippen molar-refractivity contribution in [3.05, 3.63) is 0 Å². The summed E-state index contributed by atoms with van der Waals surface area (Å²) in [5.74, 6) is 2.61. The van der Waals surface area contributed by atoms with E-state index in [0.29, 0.717) is 13.1 Å². The van der Waals surface area contributed by atoms with Gasteiger partial charge in [-0.15, -0.1) is 0 Å². The van der Waals surface area contributed by atoms with Crippen LogP contribution in [0.5, 0.6) is 0 Å². The number of hydrogen-bond acceptors (Lipinski definition) is 4. The van der Waals surface area contributed by atoms with Gasteiger partial charge in [-0.3, -0.25) is 0 Å². The normalized spacial score (nSPS) is 14.8. The zero-order valence-electron chi connectivity index (χ0n) is 11.2. The van der Waals surface area contributed by atoms with Crippen LogP contribution < -0.4 is 5.32 Å². The molecule has 0 aromatic carbocycles. The molecule has 1 aliphatic heterocycles. The van der Waals surface area contributed by atoms with Crippen molar-refractivity contribution in [1.29, 1.82) is 0 Å². The van der Waals surface area contributed by atoms with Gasteiger partial charge in [0.2, 0.25) is 0 Å². The van der Waals surface area contributed by atoms with Gasteiger partial charge in [0.05, 0.1) is 19.6 Å². The monoisotopic (exact) mass is 332 g/mol. The number of carbonyl (C=O) groups is 2. The first-order chi connectivity index (χ1) is 8.81. The highest BCUT2D eigenvalue weighted by Crippen LogP contribution is 2.17. The summed E-state index contributed by atoms with van der Waals surface area (Å²) in [5.41, 5.74) is -0.519. The van der Waals surface area contributed by atoms with E-state index in [1.807, 2.05) is 0 Å². The van der Waals surface area contributed by atoms with Crippen LogP contribution in [0.3, 0.4) is 0 Å². The van der Waals surface area contributed by atoms with Crippen LogP contribution in [0, 0.1) is 10.8 Å². The topological polar surface area (TPSA) is 67.9 Å². The lowest BCUT2D eigenvalue weighted by molar-refractivity contribution is -0.0363. The second kappa shape index (κ2) is 6.66. The molecule has 0 saturated carbocycles. The van der Waals surface area contributed by atoms with E-state index in [2.05, 4.69) is 32.0 Å². The van der Waals surface area contributed by atoms with Gasteiger partial charge in [0.15, 0.2) is 0 Å². The number of alkyl carbamates (subject to hydrolysis) is 1. The lowest BCUT2D eigenvalue weighted by Gasteiger charge is -2.38. The Hall–Kier alpha value is -1.42. The van der Waals surface area contributed by atoms with Crippen LogP contribution >= 0.6 is 15.9 Å². The molecule has 0 unspecified atom stereocenters. The number of halogens is 1. The van der Waals surface area contributed by atoms with Crippen LogP contribution in [0.1, 0.15) is 20.8 Å². The fourth-order valence-corrected chi connectivity index (χ4v) is 1.47. The van der Waals surface area contributed by atoms with Crippen molar-refractivity contribution in [2.45, 2.75) is 32.5 Å². The van der Waals surface area contributed by atoms with Gasteiger partial charge in [0, 0.05) is 15.9 Å². The quantitative estimate of drug-likeness (QED) is 0.781. The molecule has 0 aliphatic carbocycles. The van der Waals surface area contributed by atoms with Crippen LogP contribution in [0.15, 0.2) is 0 Å². The summed E-state index contributed by atoms with van der Waals surface area (Å²) in [6.45, 7) is 6.33. The minimum Gasteiger partial charge on any atom is -0.444 e. The fourth-order valence-electron chi connectivity index (χ4n) is 1.33. The van der Waals surface area contributed by atoms with Crippen molar-refractivity contribution in [3.63, 3.8) is 0 Å². The second-order valence-corrected chi connectivity index (χ2v) is 5.43. The minimum absolute atomic E-state index is 0.215. The first-order valence-electron chi connectivity index (χ1n) is 5.82. The SMILES string of the molecule is CC(C)(C)OC(=O)N1CC(OC(=O)NCC#CBr)C1. The van der Waals surface area contributed by atoms with E-state index >= 15 is 0 Å². The number of ether oxygens (including phenoxy) is 2. The lowest BCUT2D eigenvalue weighted by Crippen LogP contribution is -2.57. The number of amides is 2. The third kappa shape index (κ3) is 5.83. The molecule has 19 heavy (non-hydrogen) atoms. The molecule has 6 nitrogen and oxygen atoms in total. The van der Waals surface area contributed by atoms with E-state index in [1.54, 1.807) is 20.8 Å². The Bertz CT molecular complexity index is 402. The predicted molar refractivity (Wildman–Crippen MR) is 72.8 cm³/mol. The van der Waals surface area contributed by atoms with Crippen LogP contribution in [0.2, 0.25) is 0 Å². The Morgan fingerprint density at radius 1 is 1.42 bits per heavy atom. The number of nitrogens with zero attached hydrogens (tertiary/aromatic N) is 1. The smallest absolute Gasteiger partial charge is 0.410 e. The Labute approximate surface area is 120 Å². The van der Waals surface area contributed by atoms with Crippen molar-refractivity contribution in [3.8, 4) is 10.8 Å². The standard InChI is InChI=1S/C12H17BrN2O4/c1-12(2,3)19-11(17)15-7-9(8-15)18-10(16)14-6-4-5-13/h9H,6-8H2,1-3H3,(H,14,16). The average Bonchev–Trinajstić information content (AvgIpc) is 2.20. The fraction of sp³-hybridized carbons (Fsp3) is 0.667. The summed E-state index contributed by atoms with van der Waals surface area (Å²) in [4.78, 5) is 26.8. The number of likely N-dealkylation sites (tertiary alicyclic amines) is 1. The maximum atomic E-state index is 11.6.